The molecule has 2 fully saturated rings. The second-order valence-electron chi connectivity index (χ2n) is 14.5. The number of hydrogen-bond donors (Lipinski definition) is 0. The van der Waals surface area contributed by atoms with Crippen LogP contribution in [0.5, 0.6) is 0 Å². The van der Waals surface area contributed by atoms with Gasteiger partial charge in [-0.3, -0.25) is 0 Å². The van der Waals surface area contributed by atoms with E-state index in [-0.39, 0.29) is 5.79 Å². The molecule has 258 valence electrons. The predicted octanol–water partition coefficient (Wildman–Crippen LogP) is 14.5. The van der Waals surface area contributed by atoms with Crippen LogP contribution in [0.4, 0.5) is 0 Å². The summed E-state index contributed by atoms with van der Waals surface area (Å²) in [4.78, 5) is 0. The zero-order chi connectivity index (χ0) is 31.2. The molecular formula is C42H78O2. The quantitative estimate of drug-likeness (QED) is 0.0554. The summed E-state index contributed by atoms with van der Waals surface area (Å²) in [6, 6.07) is 0. The first-order valence-electron chi connectivity index (χ1n) is 20.5. The van der Waals surface area contributed by atoms with Gasteiger partial charge in [-0.1, -0.05) is 154 Å². The molecule has 1 saturated heterocycles. The summed E-state index contributed by atoms with van der Waals surface area (Å²) in [5.74, 6) is -0.245. The highest BCUT2D eigenvalue weighted by atomic mass is 16.8. The highest BCUT2D eigenvalue weighted by Gasteiger charge is 2.48. The van der Waals surface area contributed by atoms with Gasteiger partial charge in [0.1, 0.15) is 0 Å². The number of rotatable bonds is 32. The number of ether oxygens (including phenoxy) is 2. The summed E-state index contributed by atoms with van der Waals surface area (Å²) in [6.07, 6.45) is 54.7. The van der Waals surface area contributed by atoms with Crippen molar-refractivity contribution in [3.05, 3.63) is 24.3 Å². The molecule has 1 aliphatic carbocycles. The van der Waals surface area contributed by atoms with Crippen LogP contribution in [0.1, 0.15) is 226 Å². The third-order valence-corrected chi connectivity index (χ3v) is 10.3. The van der Waals surface area contributed by atoms with E-state index in [1.165, 1.54) is 199 Å². The lowest BCUT2D eigenvalue weighted by atomic mass is 9.98. The van der Waals surface area contributed by atoms with Gasteiger partial charge in [0.25, 0.3) is 0 Å². The molecule has 1 aliphatic heterocycles. The van der Waals surface area contributed by atoms with Crippen LogP contribution in [0.15, 0.2) is 24.3 Å². The van der Waals surface area contributed by atoms with Crippen LogP contribution >= 0.6 is 0 Å². The molecule has 0 amide bonds. The van der Waals surface area contributed by atoms with Crippen LogP contribution < -0.4 is 0 Å². The molecular weight excluding hydrogens is 536 g/mol. The average Bonchev–Trinajstić information content (AvgIpc) is 3.60. The lowest BCUT2D eigenvalue weighted by Crippen LogP contribution is -2.31. The molecule has 2 aliphatic rings. The number of allylic oxidation sites excluding steroid dienone is 4. The largest absolute Gasteiger partial charge is 0.344 e. The monoisotopic (exact) mass is 615 g/mol. The molecule has 44 heavy (non-hydrogen) atoms. The highest BCUT2D eigenvalue weighted by Crippen LogP contribution is 2.43. The molecule has 1 heterocycles. The topological polar surface area (TPSA) is 18.5 Å². The summed E-state index contributed by atoms with van der Waals surface area (Å²) in [7, 11) is 0. The van der Waals surface area contributed by atoms with E-state index in [2.05, 4.69) is 38.2 Å². The molecule has 0 aromatic heterocycles. The minimum atomic E-state index is -0.245. The Morgan fingerprint density at radius 3 is 1.05 bits per heavy atom. The number of hydrogen-bond acceptors (Lipinski definition) is 2. The first-order chi connectivity index (χ1) is 21.8. The van der Waals surface area contributed by atoms with Crippen LogP contribution in [0.3, 0.4) is 0 Å². The number of unbranched alkanes of at least 4 members (excludes halogenated alkanes) is 24. The molecule has 2 heteroatoms. The SMILES string of the molecule is CCCCCC=CCCCCCCCCCCCC1(CCCCCCCCCCCC=CCCCCC)OC2CCCC2O1. The standard InChI is InChI=1S/C42H78O2/c1-3-5-7-9-11-13-15-17-19-21-23-25-27-29-31-33-38-42(43-40-36-35-37-41(40)44-42)39-34-32-30-28-26-24-22-20-18-16-14-12-10-8-6-4-2/h11-14,40-41H,3-10,15-39H2,1-2H3. The van der Waals surface area contributed by atoms with Crippen molar-refractivity contribution in [1.82, 2.24) is 0 Å². The minimum Gasteiger partial charge on any atom is -0.344 e. The summed E-state index contributed by atoms with van der Waals surface area (Å²) in [5.41, 5.74) is 0. The van der Waals surface area contributed by atoms with E-state index in [9.17, 15) is 0 Å². The van der Waals surface area contributed by atoms with E-state index in [4.69, 9.17) is 9.47 Å². The fourth-order valence-electron chi connectivity index (χ4n) is 7.39. The number of fused-ring (bicyclic) bond motifs is 1. The van der Waals surface area contributed by atoms with Gasteiger partial charge in [-0.15, -0.1) is 0 Å². The summed E-state index contributed by atoms with van der Waals surface area (Å²) < 4.78 is 13.4. The van der Waals surface area contributed by atoms with Gasteiger partial charge in [-0.2, -0.15) is 0 Å². The third-order valence-electron chi connectivity index (χ3n) is 10.3. The first kappa shape index (κ1) is 39.6. The Morgan fingerprint density at radius 2 is 0.705 bits per heavy atom. The minimum absolute atomic E-state index is 0.245. The summed E-state index contributed by atoms with van der Waals surface area (Å²) >= 11 is 0. The molecule has 0 bridgehead atoms. The molecule has 2 nitrogen and oxygen atoms in total. The summed E-state index contributed by atoms with van der Waals surface area (Å²) in [6.45, 7) is 4.57. The van der Waals surface area contributed by atoms with Crippen LogP contribution in [0.25, 0.3) is 0 Å². The van der Waals surface area contributed by atoms with Crippen molar-refractivity contribution in [3.8, 4) is 0 Å². The molecule has 0 aromatic rings. The van der Waals surface area contributed by atoms with E-state index in [0.29, 0.717) is 12.2 Å². The van der Waals surface area contributed by atoms with E-state index < -0.39 is 0 Å². The van der Waals surface area contributed by atoms with E-state index in [0.717, 1.165) is 12.8 Å². The Kier molecular flexibility index (Phi) is 25.7. The zero-order valence-corrected chi connectivity index (χ0v) is 30.1. The van der Waals surface area contributed by atoms with Gasteiger partial charge in [0.05, 0.1) is 12.2 Å². The predicted molar refractivity (Wildman–Crippen MR) is 194 cm³/mol. The highest BCUT2D eigenvalue weighted by molar-refractivity contribution is 4.90. The van der Waals surface area contributed by atoms with Crippen molar-refractivity contribution in [3.63, 3.8) is 0 Å². The Labute approximate surface area is 277 Å². The second-order valence-corrected chi connectivity index (χ2v) is 14.5. The lowest BCUT2D eigenvalue weighted by molar-refractivity contribution is -0.190. The maximum absolute atomic E-state index is 6.69. The fraction of sp³-hybridized carbons (Fsp3) is 0.905. The third kappa shape index (κ3) is 20.5. The van der Waals surface area contributed by atoms with Gasteiger partial charge in [0, 0.05) is 12.8 Å². The molecule has 0 spiro atoms. The zero-order valence-electron chi connectivity index (χ0n) is 30.1. The first-order valence-corrected chi connectivity index (χ1v) is 20.5. The second kappa shape index (κ2) is 28.6. The Morgan fingerprint density at radius 1 is 0.409 bits per heavy atom. The maximum Gasteiger partial charge on any atom is 0.169 e. The van der Waals surface area contributed by atoms with Gasteiger partial charge >= 0.3 is 0 Å². The van der Waals surface area contributed by atoms with Gasteiger partial charge in [-0.05, 0) is 83.5 Å². The normalized spacial score (nSPS) is 21.8. The van der Waals surface area contributed by atoms with Crippen LogP contribution in [0, 0.1) is 0 Å². The molecule has 0 radical (unpaired) electrons. The van der Waals surface area contributed by atoms with Crippen molar-refractivity contribution in [2.24, 2.45) is 0 Å². The van der Waals surface area contributed by atoms with Gasteiger partial charge in [0.15, 0.2) is 5.79 Å². The van der Waals surface area contributed by atoms with Crippen molar-refractivity contribution >= 4 is 0 Å². The maximum atomic E-state index is 6.69. The fourth-order valence-corrected chi connectivity index (χ4v) is 7.39. The van der Waals surface area contributed by atoms with Gasteiger partial charge in [-0.25, -0.2) is 0 Å². The Balaban J connectivity index is 1.43. The van der Waals surface area contributed by atoms with E-state index >= 15 is 0 Å². The van der Waals surface area contributed by atoms with Crippen molar-refractivity contribution in [2.45, 2.75) is 244 Å². The van der Waals surface area contributed by atoms with Crippen LogP contribution in [-0.2, 0) is 9.47 Å². The smallest absolute Gasteiger partial charge is 0.169 e. The van der Waals surface area contributed by atoms with Crippen LogP contribution in [0.2, 0.25) is 0 Å². The molecule has 2 rings (SSSR count). The molecule has 2 unspecified atom stereocenters. The molecule has 2 atom stereocenters. The van der Waals surface area contributed by atoms with Crippen molar-refractivity contribution in [2.75, 3.05) is 0 Å². The Hall–Kier alpha value is -0.600. The van der Waals surface area contributed by atoms with Crippen molar-refractivity contribution < 1.29 is 9.47 Å². The average molecular weight is 615 g/mol. The van der Waals surface area contributed by atoms with E-state index in [1.807, 2.05) is 0 Å². The van der Waals surface area contributed by atoms with Gasteiger partial charge < -0.3 is 9.47 Å². The molecule has 0 N–H and O–H groups in total. The lowest BCUT2D eigenvalue weighted by Gasteiger charge is -2.29. The van der Waals surface area contributed by atoms with E-state index in [1.54, 1.807) is 0 Å². The van der Waals surface area contributed by atoms with Gasteiger partial charge in [0.2, 0.25) is 0 Å². The Bertz CT molecular complexity index is 611. The van der Waals surface area contributed by atoms with Crippen LogP contribution in [-0.4, -0.2) is 18.0 Å². The molecule has 0 aromatic carbocycles. The summed E-state index contributed by atoms with van der Waals surface area (Å²) in [5, 5.41) is 0. The molecule has 1 saturated carbocycles. The van der Waals surface area contributed by atoms with Crippen molar-refractivity contribution in [1.29, 1.82) is 0 Å².